The van der Waals surface area contributed by atoms with Gasteiger partial charge < -0.3 is 19.5 Å². The van der Waals surface area contributed by atoms with Crippen LogP contribution in [0.15, 0.2) is 27.5 Å². The standard InChI is InChI=1S/C29H38FN5O4/c1-18-21(27(36)35-12-5-6-23(26(35)32-18)38-28(37)29(2,3)17-31-4)11-15-34-13-9-19(10-14-34)25-22-8-7-20(30)16-24(22)39-33-25/h7-8,16,19,23,31H,5-6,9-15,17H2,1-4H3. The van der Waals surface area contributed by atoms with Crippen molar-refractivity contribution in [3.8, 4) is 0 Å². The molecule has 1 atom stereocenters. The van der Waals surface area contributed by atoms with Gasteiger partial charge in [-0.1, -0.05) is 5.16 Å². The Morgan fingerprint density at radius 1 is 1.23 bits per heavy atom. The highest BCUT2D eigenvalue weighted by atomic mass is 19.1. The molecule has 39 heavy (non-hydrogen) atoms. The number of likely N-dealkylation sites (tertiary alicyclic amines) is 1. The number of aromatic nitrogens is 3. The van der Waals surface area contributed by atoms with Crippen LogP contribution in [0.3, 0.4) is 0 Å². The Morgan fingerprint density at radius 2 is 2.00 bits per heavy atom. The van der Waals surface area contributed by atoms with E-state index >= 15 is 0 Å². The summed E-state index contributed by atoms with van der Waals surface area (Å²) in [5.74, 6) is 0.207. The Hall–Kier alpha value is -3.11. The molecule has 5 rings (SSSR count). The fourth-order valence-electron chi connectivity index (χ4n) is 5.87. The van der Waals surface area contributed by atoms with Gasteiger partial charge in [0.05, 0.1) is 11.1 Å². The molecule has 0 spiro atoms. The van der Waals surface area contributed by atoms with Gasteiger partial charge in [-0.05, 0) is 85.1 Å². The number of halogens is 1. The summed E-state index contributed by atoms with van der Waals surface area (Å²) in [6.45, 7) is 9.21. The second kappa shape index (κ2) is 11.2. The van der Waals surface area contributed by atoms with E-state index in [0.29, 0.717) is 43.0 Å². The van der Waals surface area contributed by atoms with E-state index in [4.69, 9.17) is 14.2 Å². The number of rotatable bonds is 8. The first-order valence-electron chi connectivity index (χ1n) is 13.9. The van der Waals surface area contributed by atoms with Crippen molar-refractivity contribution in [1.82, 2.24) is 24.9 Å². The van der Waals surface area contributed by atoms with Crippen LogP contribution in [0.1, 0.15) is 74.3 Å². The maximum absolute atomic E-state index is 13.5. The second-order valence-electron chi connectivity index (χ2n) is 11.5. The van der Waals surface area contributed by atoms with Gasteiger partial charge in [0.1, 0.15) is 5.82 Å². The van der Waals surface area contributed by atoms with E-state index in [1.807, 2.05) is 20.8 Å². The quantitative estimate of drug-likeness (QED) is 0.431. The number of benzene rings is 1. The molecule has 10 heteroatoms. The Bertz CT molecular complexity index is 1410. The van der Waals surface area contributed by atoms with E-state index in [1.165, 1.54) is 12.1 Å². The number of hydrogen-bond acceptors (Lipinski definition) is 8. The molecule has 0 bridgehead atoms. The van der Waals surface area contributed by atoms with Crippen molar-refractivity contribution in [3.63, 3.8) is 0 Å². The van der Waals surface area contributed by atoms with Gasteiger partial charge in [0, 0.05) is 48.3 Å². The summed E-state index contributed by atoms with van der Waals surface area (Å²) in [6.07, 6.45) is 3.39. The van der Waals surface area contributed by atoms with Gasteiger partial charge in [-0.3, -0.25) is 14.2 Å². The Morgan fingerprint density at radius 3 is 2.74 bits per heavy atom. The lowest BCUT2D eigenvalue weighted by Crippen LogP contribution is -2.40. The molecule has 9 nitrogen and oxygen atoms in total. The maximum Gasteiger partial charge on any atom is 0.313 e. The summed E-state index contributed by atoms with van der Waals surface area (Å²) in [7, 11) is 1.81. The smallest absolute Gasteiger partial charge is 0.313 e. The summed E-state index contributed by atoms with van der Waals surface area (Å²) in [5.41, 5.74) is 2.14. The molecule has 0 aliphatic carbocycles. The molecule has 0 amide bonds. The molecule has 0 saturated carbocycles. The topological polar surface area (TPSA) is 102 Å². The van der Waals surface area contributed by atoms with Crippen LogP contribution in [0.4, 0.5) is 4.39 Å². The summed E-state index contributed by atoms with van der Waals surface area (Å²) >= 11 is 0. The van der Waals surface area contributed by atoms with E-state index in [2.05, 4.69) is 15.4 Å². The predicted octanol–water partition coefficient (Wildman–Crippen LogP) is 3.88. The van der Waals surface area contributed by atoms with Crippen molar-refractivity contribution >= 4 is 16.9 Å². The number of nitrogens with zero attached hydrogens (tertiary/aromatic N) is 4. The van der Waals surface area contributed by atoms with Gasteiger partial charge in [-0.15, -0.1) is 0 Å². The van der Waals surface area contributed by atoms with Crippen LogP contribution in [-0.4, -0.2) is 58.8 Å². The van der Waals surface area contributed by atoms with E-state index in [0.717, 1.165) is 55.5 Å². The highest BCUT2D eigenvalue weighted by molar-refractivity contribution is 5.80. The van der Waals surface area contributed by atoms with Crippen molar-refractivity contribution < 1.29 is 18.4 Å². The zero-order valence-electron chi connectivity index (χ0n) is 23.3. The van der Waals surface area contributed by atoms with E-state index in [-0.39, 0.29) is 23.3 Å². The van der Waals surface area contributed by atoms with Crippen LogP contribution in [0.5, 0.6) is 0 Å². The van der Waals surface area contributed by atoms with Crippen molar-refractivity contribution in [2.24, 2.45) is 5.41 Å². The molecule has 2 aliphatic rings. The first-order chi connectivity index (χ1) is 18.7. The first kappa shape index (κ1) is 27.5. The van der Waals surface area contributed by atoms with Crippen molar-refractivity contribution in [3.05, 3.63) is 57.1 Å². The molecule has 0 radical (unpaired) electrons. The summed E-state index contributed by atoms with van der Waals surface area (Å²) in [4.78, 5) is 33.5. The first-order valence-corrected chi connectivity index (χ1v) is 13.9. The van der Waals surface area contributed by atoms with Gasteiger partial charge in [0.2, 0.25) is 0 Å². The minimum absolute atomic E-state index is 0.0241. The zero-order valence-corrected chi connectivity index (χ0v) is 23.3. The number of ether oxygens (including phenoxy) is 1. The predicted molar refractivity (Wildman–Crippen MR) is 145 cm³/mol. The van der Waals surface area contributed by atoms with Crippen molar-refractivity contribution in [2.75, 3.05) is 33.2 Å². The van der Waals surface area contributed by atoms with E-state index < -0.39 is 11.5 Å². The van der Waals surface area contributed by atoms with Gasteiger partial charge >= 0.3 is 5.97 Å². The fraction of sp³-hybridized carbons (Fsp3) is 0.586. The minimum Gasteiger partial charge on any atom is -0.454 e. The fourth-order valence-corrected chi connectivity index (χ4v) is 5.87. The second-order valence-corrected chi connectivity index (χ2v) is 11.5. The largest absolute Gasteiger partial charge is 0.454 e. The highest BCUT2D eigenvalue weighted by Crippen LogP contribution is 2.33. The van der Waals surface area contributed by atoms with Crippen LogP contribution in [0.25, 0.3) is 11.0 Å². The molecule has 1 N–H and O–H groups in total. The molecule has 1 fully saturated rings. The third-order valence-corrected chi connectivity index (χ3v) is 8.17. The van der Waals surface area contributed by atoms with Crippen LogP contribution < -0.4 is 10.9 Å². The highest BCUT2D eigenvalue weighted by Gasteiger charge is 2.34. The van der Waals surface area contributed by atoms with Gasteiger partial charge in [0.15, 0.2) is 17.5 Å². The normalized spacial score (nSPS) is 18.8. The number of hydrogen-bond donors (Lipinski definition) is 1. The zero-order chi connectivity index (χ0) is 27.7. The number of piperidine rings is 1. The molecule has 210 valence electrons. The molecule has 2 aliphatic heterocycles. The minimum atomic E-state index is -0.668. The SMILES string of the molecule is CNCC(C)(C)C(=O)OC1CCCn2c1nc(C)c(CCN1CCC(c3noc4cc(F)ccc34)CC1)c2=O. The molecule has 3 aromatic rings. The van der Waals surface area contributed by atoms with Crippen LogP contribution >= 0.6 is 0 Å². The van der Waals surface area contributed by atoms with Gasteiger partial charge in [-0.2, -0.15) is 0 Å². The lowest BCUT2D eigenvalue weighted by Gasteiger charge is -2.32. The Kier molecular flexibility index (Phi) is 7.87. The third kappa shape index (κ3) is 5.63. The third-order valence-electron chi connectivity index (χ3n) is 8.17. The lowest BCUT2D eigenvalue weighted by molar-refractivity contribution is -0.161. The number of carbonyl (C=O) groups excluding carboxylic acids is 1. The molecule has 1 unspecified atom stereocenters. The summed E-state index contributed by atoms with van der Waals surface area (Å²) in [6, 6.07) is 4.57. The molecular formula is C29H38FN5O4. The number of fused-ring (bicyclic) bond motifs is 2. The molecule has 4 heterocycles. The van der Waals surface area contributed by atoms with Crippen LogP contribution in [0, 0.1) is 18.2 Å². The Labute approximate surface area is 227 Å². The summed E-state index contributed by atoms with van der Waals surface area (Å²) < 4.78 is 26.5. The van der Waals surface area contributed by atoms with Gasteiger partial charge in [0.25, 0.3) is 5.56 Å². The molecule has 2 aromatic heterocycles. The van der Waals surface area contributed by atoms with Gasteiger partial charge in [-0.25, -0.2) is 9.37 Å². The Balaban J connectivity index is 1.23. The average Bonchev–Trinajstić information content (AvgIpc) is 3.32. The van der Waals surface area contributed by atoms with Crippen molar-refractivity contribution in [2.45, 2.75) is 71.4 Å². The maximum atomic E-state index is 13.5. The number of esters is 1. The average molecular weight is 540 g/mol. The lowest BCUT2D eigenvalue weighted by atomic mass is 9.91. The number of carbonyl (C=O) groups is 1. The van der Waals surface area contributed by atoms with E-state index in [1.54, 1.807) is 17.7 Å². The number of nitrogens with one attached hydrogen (secondary N) is 1. The van der Waals surface area contributed by atoms with Crippen LogP contribution in [0.2, 0.25) is 0 Å². The number of aryl methyl sites for hydroxylation is 1. The molecular weight excluding hydrogens is 501 g/mol. The monoisotopic (exact) mass is 539 g/mol. The molecule has 1 saturated heterocycles. The molecule has 1 aromatic carbocycles. The van der Waals surface area contributed by atoms with Crippen LogP contribution in [-0.2, 0) is 22.5 Å². The summed E-state index contributed by atoms with van der Waals surface area (Å²) in [5, 5.41) is 8.16. The van der Waals surface area contributed by atoms with Crippen molar-refractivity contribution in [1.29, 1.82) is 0 Å². The van der Waals surface area contributed by atoms with E-state index in [9.17, 15) is 14.0 Å².